The number of alkyl halides is 3. The molecule has 0 spiro atoms. The molecule has 0 radical (unpaired) electrons. The molecule has 1 aromatic heterocycles. The number of aliphatic hydroxyl groups is 1. The number of anilines is 1. The molecular weight excluding hydrogens is 557 g/mol. The fourth-order valence-corrected chi connectivity index (χ4v) is 5.03. The van der Waals surface area contributed by atoms with Gasteiger partial charge in [0.15, 0.2) is 0 Å². The first-order chi connectivity index (χ1) is 17.6. The summed E-state index contributed by atoms with van der Waals surface area (Å²) in [5.41, 5.74) is -0.410. The van der Waals surface area contributed by atoms with Gasteiger partial charge in [-0.15, -0.1) is 0 Å². The number of nitrogens with one attached hydrogen (secondary N) is 1. The Bertz CT molecular complexity index is 1280. The summed E-state index contributed by atoms with van der Waals surface area (Å²) in [4.78, 5) is 18.9. The number of benzene rings is 1. The van der Waals surface area contributed by atoms with E-state index in [1.807, 2.05) is 0 Å². The number of carbonyl (C=O) groups is 1. The van der Waals surface area contributed by atoms with E-state index < -0.39 is 57.0 Å². The molecule has 1 aliphatic rings. The van der Waals surface area contributed by atoms with Crippen molar-refractivity contribution in [3.05, 3.63) is 46.6 Å². The number of fused-ring (bicyclic) bond motifs is 1. The van der Waals surface area contributed by atoms with E-state index in [1.165, 1.54) is 29.2 Å². The topological polar surface area (TPSA) is 118 Å². The van der Waals surface area contributed by atoms with Gasteiger partial charge in [0.1, 0.15) is 5.60 Å². The van der Waals surface area contributed by atoms with Crippen molar-refractivity contribution in [1.82, 2.24) is 9.71 Å². The van der Waals surface area contributed by atoms with E-state index in [2.05, 4.69) is 9.71 Å². The van der Waals surface area contributed by atoms with Crippen molar-refractivity contribution in [3.63, 3.8) is 0 Å². The van der Waals surface area contributed by atoms with Gasteiger partial charge in [-0.3, -0.25) is 4.90 Å². The highest BCUT2D eigenvalue weighted by molar-refractivity contribution is 7.84. The summed E-state index contributed by atoms with van der Waals surface area (Å²) >= 11 is 6.05. The molecule has 8 nitrogen and oxygen atoms in total. The van der Waals surface area contributed by atoms with Crippen LogP contribution in [0, 0.1) is 0 Å². The van der Waals surface area contributed by atoms with Crippen molar-refractivity contribution in [2.45, 2.75) is 76.1 Å². The summed E-state index contributed by atoms with van der Waals surface area (Å²) in [6.07, 6.45) is -5.94. The summed E-state index contributed by atoms with van der Waals surface area (Å²) < 4.78 is 63.5. The van der Waals surface area contributed by atoms with E-state index in [1.54, 1.807) is 48.5 Å². The number of ether oxygens (including phenoxy) is 1. The second-order valence-corrected chi connectivity index (χ2v) is 14.1. The van der Waals surface area contributed by atoms with Gasteiger partial charge in [0, 0.05) is 22.7 Å². The third kappa shape index (κ3) is 6.25. The predicted molar refractivity (Wildman–Crippen MR) is 146 cm³/mol. The lowest BCUT2D eigenvalue weighted by molar-refractivity contribution is -0.263. The fourth-order valence-electron chi connectivity index (χ4n) is 4.02. The molecule has 39 heavy (non-hydrogen) atoms. The minimum atomic E-state index is -5.16. The van der Waals surface area contributed by atoms with Crippen molar-refractivity contribution in [2.24, 2.45) is 5.73 Å². The molecule has 2 aromatic rings. The highest BCUT2D eigenvalue weighted by Crippen LogP contribution is 2.48. The van der Waals surface area contributed by atoms with E-state index in [-0.39, 0.29) is 23.5 Å². The Morgan fingerprint density at radius 2 is 1.77 bits per heavy atom. The summed E-state index contributed by atoms with van der Waals surface area (Å²) in [7, 11) is -1.70. The normalized spacial score (nSPS) is 20.4. The number of aromatic nitrogens is 1. The number of nitrogens with two attached hydrogens (primary N) is 1. The van der Waals surface area contributed by atoms with Crippen LogP contribution in [0.25, 0.3) is 11.3 Å². The van der Waals surface area contributed by atoms with Gasteiger partial charge >= 0.3 is 12.3 Å². The number of hydrogen-bond acceptors (Lipinski definition) is 6. The van der Waals surface area contributed by atoms with E-state index in [0.29, 0.717) is 10.6 Å². The van der Waals surface area contributed by atoms with Crippen molar-refractivity contribution >= 4 is 34.4 Å². The van der Waals surface area contributed by atoms with Crippen LogP contribution in [0.2, 0.25) is 5.02 Å². The quantitative estimate of drug-likeness (QED) is 0.444. The van der Waals surface area contributed by atoms with Crippen LogP contribution >= 0.6 is 11.6 Å². The zero-order valence-corrected chi connectivity index (χ0v) is 24.4. The lowest BCUT2D eigenvalue weighted by Crippen LogP contribution is -2.50. The van der Waals surface area contributed by atoms with E-state index in [4.69, 9.17) is 22.1 Å². The molecule has 0 bridgehead atoms. The highest BCUT2D eigenvalue weighted by Gasteiger charge is 2.57. The molecule has 1 aromatic carbocycles. The number of nitrogens with zero attached hydrogens (tertiary/aromatic N) is 2. The van der Waals surface area contributed by atoms with Crippen LogP contribution in [-0.4, -0.2) is 50.0 Å². The Morgan fingerprint density at radius 3 is 2.23 bits per heavy atom. The van der Waals surface area contributed by atoms with Gasteiger partial charge in [0.2, 0.25) is 5.60 Å². The smallest absolute Gasteiger partial charge is 0.424 e. The van der Waals surface area contributed by atoms with Crippen LogP contribution in [0.5, 0.6) is 0 Å². The van der Waals surface area contributed by atoms with Crippen LogP contribution in [-0.2, 0) is 26.9 Å². The predicted octanol–water partition coefficient (Wildman–Crippen LogP) is 5.13. The number of halogens is 4. The van der Waals surface area contributed by atoms with Gasteiger partial charge in [-0.2, -0.15) is 13.2 Å². The van der Waals surface area contributed by atoms with Gasteiger partial charge in [-0.25, -0.2) is 18.7 Å². The largest absolute Gasteiger partial charge is 0.443 e. The Kier molecular flexibility index (Phi) is 8.26. The summed E-state index contributed by atoms with van der Waals surface area (Å²) in [6, 6.07) is 7.18. The zero-order chi connectivity index (χ0) is 29.8. The molecule has 2 unspecified atom stereocenters. The maximum absolute atomic E-state index is 14.1. The molecule has 216 valence electrons. The Labute approximate surface area is 233 Å². The highest BCUT2D eigenvalue weighted by atomic mass is 35.5. The second kappa shape index (κ2) is 10.3. The number of carbonyl (C=O) groups excluding carboxylic acids is 1. The van der Waals surface area contributed by atoms with Crippen LogP contribution in [0.1, 0.15) is 59.7 Å². The molecule has 1 amide bonds. The first-order valence-electron chi connectivity index (χ1n) is 12.1. The van der Waals surface area contributed by atoms with Gasteiger partial charge in [-0.05, 0) is 66.7 Å². The Morgan fingerprint density at radius 1 is 1.21 bits per heavy atom. The molecule has 0 saturated heterocycles. The molecule has 3 rings (SSSR count). The summed E-state index contributed by atoms with van der Waals surface area (Å²) in [6.45, 7) is 10.5. The van der Waals surface area contributed by atoms with Crippen LogP contribution in [0.15, 0.2) is 30.3 Å². The summed E-state index contributed by atoms with van der Waals surface area (Å²) in [5, 5.41) is 11.1. The number of pyridine rings is 1. The minimum absolute atomic E-state index is 0.0341. The van der Waals surface area contributed by atoms with Gasteiger partial charge in [-0.1, -0.05) is 23.7 Å². The third-order valence-corrected chi connectivity index (χ3v) is 8.13. The van der Waals surface area contributed by atoms with E-state index in [9.17, 15) is 27.3 Å². The van der Waals surface area contributed by atoms with Crippen LogP contribution < -0.4 is 15.4 Å². The molecule has 4 N–H and O–H groups in total. The van der Waals surface area contributed by atoms with Crippen molar-refractivity contribution < 1.29 is 32.0 Å². The minimum Gasteiger partial charge on any atom is -0.443 e. The first-order valence-corrected chi connectivity index (χ1v) is 13.7. The monoisotopic (exact) mass is 590 g/mol. The van der Waals surface area contributed by atoms with Crippen molar-refractivity contribution in [1.29, 1.82) is 0 Å². The average molecular weight is 591 g/mol. The number of rotatable bonds is 5. The Balaban J connectivity index is 2.41. The maximum Gasteiger partial charge on any atom is 0.424 e. The third-order valence-electron chi connectivity index (χ3n) is 6.13. The SMILES string of the molecule is CC(C)(C)OC(=O)N1C[C@@](C)(NS(=O)C(C)(C)C)c2cc(C(O)(CN)C(F)(F)F)nc(-c3ccc(Cl)cc3)c21. The molecule has 0 saturated carbocycles. The van der Waals surface area contributed by atoms with Gasteiger partial charge < -0.3 is 15.6 Å². The standard InChI is InChI=1S/C26H34ClF3N4O4S/c1-22(2,3)38-21(35)34-14-24(7,33-39(37)23(4,5)6)17-12-18(25(36,13-31)26(28,29)30)32-19(20(17)34)15-8-10-16(27)11-9-15/h8-12,33,36H,13-14,31H2,1-7H3/t24-,25?,39?/m1/s1. The van der Waals surface area contributed by atoms with Crippen LogP contribution in [0.4, 0.5) is 23.7 Å². The van der Waals surface area contributed by atoms with Gasteiger partial charge in [0.05, 0.1) is 44.9 Å². The first kappa shape index (κ1) is 31.3. The fraction of sp³-hybridized carbons (Fsp3) is 0.538. The van der Waals surface area contributed by atoms with E-state index in [0.717, 1.165) is 6.07 Å². The lowest BCUT2D eigenvalue weighted by atomic mass is 9.89. The molecule has 0 fully saturated rings. The summed E-state index contributed by atoms with van der Waals surface area (Å²) in [5.74, 6) is 0. The van der Waals surface area contributed by atoms with Crippen molar-refractivity contribution in [3.8, 4) is 11.3 Å². The molecule has 2 heterocycles. The van der Waals surface area contributed by atoms with Crippen molar-refractivity contribution in [2.75, 3.05) is 18.0 Å². The maximum atomic E-state index is 14.1. The molecule has 1 aliphatic heterocycles. The number of hydrogen-bond donors (Lipinski definition) is 3. The molecule has 0 aliphatic carbocycles. The average Bonchev–Trinajstić information content (AvgIpc) is 3.08. The van der Waals surface area contributed by atoms with Crippen LogP contribution in [0.3, 0.4) is 0 Å². The zero-order valence-electron chi connectivity index (χ0n) is 22.9. The van der Waals surface area contributed by atoms with Gasteiger partial charge in [0.25, 0.3) is 0 Å². The second-order valence-electron chi connectivity index (χ2n) is 11.7. The molecular formula is C26H34ClF3N4O4S. The molecule has 13 heteroatoms. The Hall–Kier alpha value is -2.25. The lowest BCUT2D eigenvalue weighted by Gasteiger charge is -2.32. The van der Waals surface area contributed by atoms with E-state index >= 15 is 0 Å². The molecule has 3 atom stereocenters. The number of amides is 1.